The quantitative estimate of drug-likeness (QED) is 0.166. The van der Waals surface area contributed by atoms with Crippen molar-refractivity contribution in [3.63, 3.8) is 0 Å². The van der Waals surface area contributed by atoms with Crippen LogP contribution in [0.15, 0.2) is 206 Å². The van der Waals surface area contributed by atoms with E-state index in [0.717, 1.165) is 39.0 Å². The van der Waals surface area contributed by atoms with Crippen LogP contribution in [0.1, 0.15) is 0 Å². The number of hydrogen-bond acceptors (Lipinski definition) is 2. The summed E-state index contributed by atoms with van der Waals surface area (Å²) in [4.78, 5) is 9.75. The van der Waals surface area contributed by atoms with Gasteiger partial charge >= 0.3 is 0 Å². The summed E-state index contributed by atoms with van der Waals surface area (Å²) in [5.74, 6) is 0. The van der Waals surface area contributed by atoms with Gasteiger partial charge in [-0.2, -0.15) is 0 Å². The van der Waals surface area contributed by atoms with Gasteiger partial charge in [-0.3, -0.25) is 4.98 Å². The molecule has 0 saturated carbocycles. The number of aromatic nitrogens is 2. The Labute approximate surface area is 325 Å². The van der Waals surface area contributed by atoms with Gasteiger partial charge in [-0.1, -0.05) is 158 Å². The predicted molar refractivity (Wildman–Crippen MR) is 237 cm³/mol. The van der Waals surface area contributed by atoms with E-state index in [4.69, 9.17) is 4.98 Å². The maximum atomic E-state index is 5.08. The molecule has 2 heterocycles. The largest absolute Gasteiger partial charge is 0.256 e. The first-order chi connectivity index (χ1) is 27.7. The van der Waals surface area contributed by atoms with Crippen LogP contribution in [0.3, 0.4) is 0 Å². The fraction of sp³-hybridized carbons (Fsp3) is 0. The Bertz CT molecular complexity index is 3310. The van der Waals surface area contributed by atoms with Crippen molar-refractivity contribution in [3.05, 3.63) is 206 Å². The lowest BCUT2D eigenvalue weighted by atomic mass is 9.84. The summed E-state index contributed by atoms with van der Waals surface area (Å²) in [6, 6.07) is 72.4. The molecule has 2 heteroatoms. The second-order valence-electron chi connectivity index (χ2n) is 14.6. The van der Waals surface area contributed by atoms with Gasteiger partial charge in [0.15, 0.2) is 0 Å². The summed E-state index contributed by atoms with van der Waals surface area (Å²) >= 11 is 0. The van der Waals surface area contributed by atoms with E-state index in [1.54, 1.807) is 0 Å². The number of hydrogen-bond donors (Lipinski definition) is 0. The molecule has 0 fully saturated rings. The van der Waals surface area contributed by atoms with Gasteiger partial charge in [0.1, 0.15) is 0 Å². The Hall–Kier alpha value is -7.42. The third kappa shape index (κ3) is 5.51. The van der Waals surface area contributed by atoms with Gasteiger partial charge in [0.05, 0.1) is 16.9 Å². The summed E-state index contributed by atoms with van der Waals surface area (Å²) in [5.41, 5.74) is 12.2. The van der Waals surface area contributed by atoms with E-state index in [9.17, 15) is 0 Å². The van der Waals surface area contributed by atoms with Crippen molar-refractivity contribution in [2.24, 2.45) is 0 Å². The molecular weight excluding hydrogens is 677 g/mol. The number of fused-ring (bicyclic) bond motifs is 5. The van der Waals surface area contributed by atoms with Crippen molar-refractivity contribution < 1.29 is 0 Å². The van der Waals surface area contributed by atoms with E-state index >= 15 is 0 Å². The molecule has 11 rings (SSSR count). The second-order valence-corrected chi connectivity index (χ2v) is 14.6. The molecule has 2 aromatic heterocycles. The number of pyridine rings is 2. The van der Waals surface area contributed by atoms with Crippen molar-refractivity contribution >= 4 is 54.0 Å². The van der Waals surface area contributed by atoms with Gasteiger partial charge in [0, 0.05) is 22.7 Å². The van der Waals surface area contributed by atoms with E-state index in [-0.39, 0.29) is 0 Å². The predicted octanol–water partition coefficient (Wildman–Crippen LogP) is 14.6. The molecule has 9 aromatic carbocycles. The van der Waals surface area contributed by atoms with Crippen molar-refractivity contribution in [3.8, 4) is 55.9 Å². The van der Waals surface area contributed by atoms with Gasteiger partial charge in [-0.05, 0) is 119 Å². The number of nitrogens with zero attached hydrogens (tertiary/aromatic N) is 2. The third-order valence-corrected chi connectivity index (χ3v) is 11.2. The van der Waals surface area contributed by atoms with Gasteiger partial charge < -0.3 is 0 Å². The minimum absolute atomic E-state index is 0.912. The lowest BCUT2D eigenvalue weighted by Gasteiger charge is -2.19. The van der Waals surface area contributed by atoms with Crippen molar-refractivity contribution in [2.45, 2.75) is 0 Å². The molecule has 260 valence electrons. The topological polar surface area (TPSA) is 25.8 Å². The van der Waals surface area contributed by atoms with Gasteiger partial charge in [-0.15, -0.1) is 0 Å². The molecule has 0 radical (unpaired) electrons. The Balaban J connectivity index is 1.07. The molecule has 0 atom stereocenters. The highest BCUT2D eigenvalue weighted by molar-refractivity contribution is 6.22. The summed E-state index contributed by atoms with van der Waals surface area (Å²) in [7, 11) is 0. The molecule has 0 bridgehead atoms. The van der Waals surface area contributed by atoms with Crippen LogP contribution < -0.4 is 0 Å². The average molecular weight is 711 g/mol. The minimum atomic E-state index is 0.912. The van der Waals surface area contributed by atoms with Gasteiger partial charge in [0.25, 0.3) is 0 Å². The zero-order valence-corrected chi connectivity index (χ0v) is 30.5. The molecular formula is C54H34N2. The van der Waals surface area contributed by atoms with Crippen molar-refractivity contribution in [1.82, 2.24) is 9.97 Å². The molecule has 0 spiro atoms. The molecule has 0 amide bonds. The van der Waals surface area contributed by atoms with Crippen LogP contribution >= 0.6 is 0 Å². The first-order valence-electron chi connectivity index (χ1n) is 19.1. The summed E-state index contributed by atoms with van der Waals surface area (Å²) in [6.07, 6.45) is 1.91. The molecule has 0 saturated heterocycles. The Morgan fingerprint density at radius 1 is 0.268 bits per heavy atom. The lowest BCUT2D eigenvalue weighted by Crippen LogP contribution is -1.92. The van der Waals surface area contributed by atoms with E-state index in [1.807, 2.05) is 24.4 Å². The third-order valence-electron chi connectivity index (χ3n) is 11.2. The number of benzene rings is 9. The minimum Gasteiger partial charge on any atom is -0.256 e. The SMILES string of the molecule is c1cc(-c2ccc(-c3ccc4c(-c5ccc6ccccc6c5)c5ccccc5c(-c5ccc6ccccc6c5)c4c3)cc2)nc(-c2cnc3ccccc3c2)c1. The number of para-hydroxylation sites is 1. The van der Waals surface area contributed by atoms with E-state index in [2.05, 4.69) is 187 Å². The second kappa shape index (κ2) is 13.2. The van der Waals surface area contributed by atoms with Crippen LogP contribution in [0, 0.1) is 0 Å². The molecule has 0 unspecified atom stereocenters. The molecule has 2 nitrogen and oxygen atoms in total. The molecule has 0 aliphatic heterocycles. The fourth-order valence-corrected chi connectivity index (χ4v) is 8.47. The molecule has 0 aliphatic rings. The van der Waals surface area contributed by atoms with E-state index in [1.165, 1.54) is 70.9 Å². The molecule has 11 aromatic rings. The molecule has 56 heavy (non-hydrogen) atoms. The Morgan fingerprint density at radius 2 is 0.750 bits per heavy atom. The summed E-state index contributed by atoms with van der Waals surface area (Å²) in [6.45, 7) is 0. The van der Waals surface area contributed by atoms with Gasteiger partial charge in [0.2, 0.25) is 0 Å². The summed E-state index contributed by atoms with van der Waals surface area (Å²) < 4.78 is 0. The normalized spacial score (nSPS) is 11.6. The number of rotatable bonds is 5. The zero-order valence-electron chi connectivity index (χ0n) is 30.5. The van der Waals surface area contributed by atoms with Crippen LogP contribution in [-0.2, 0) is 0 Å². The Morgan fingerprint density at radius 3 is 1.43 bits per heavy atom. The maximum Gasteiger partial charge on any atom is 0.0725 e. The first kappa shape index (κ1) is 32.0. The zero-order chi connectivity index (χ0) is 37.0. The molecule has 0 aliphatic carbocycles. The van der Waals surface area contributed by atoms with Crippen LogP contribution in [0.5, 0.6) is 0 Å². The lowest BCUT2D eigenvalue weighted by molar-refractivity contribution is 1.30. The standard InChI is InChI=1S/C54H34N2/c1-3-12-39-30-43(26-22-35(39)10-1)53-46-15-6-7-16-47(46)54(44-27-23-36-11-2-4-13-40(36)31-44)49-33-41(28-29-48(49)53)37-20-24-38(25-21-37)51-18-9-19-52(56-51)45-32-42-14-5-8-17-50(42)55-34-45/h1-34H. The first-order valence-corrected chi connectivity index (χ1v) is 19.1. The van der Waals surface area contributed by atoms with Crippen LogP contribution in [0.2, 0.25) is 0 Å². The molecule has 0 N–H and O–H groups in total. The summed E-state index contributed by atoms with van der Waals surface area (Å²) in [5, 5.41) is 11.1. The van der Waals surface area contributed by atoms with Crippen molar-refractivity contribution in [2.75, 3.05) is 0 Å². The Kier molecular flexibility index (Phi) is 7.53. The monoisotopic (exact) mass is 710 g/mol. The van der Waals surface area contributed by atoms with E-state index in [0.29, 0.717) is 0 Å². The fourth-order valence-electron chi connectivity index (χ4n) is 8.47. The van der Waals surface area contributed by atoms with Crippen LogP contribution in [0.25, 0.3) is 110 Å². The smallest absolute Gasteiger partial charge is 0.0725 e. The van der Waals surface area contributed by atoms with Crippen LogP contribution in [0.4, 0.5) is 0 Å². The highest BCUT2D eigenvalue weighted by Crippen LogP contribution is 2.46. The van der Waals surface area contributed by atoms with E-state index < -0.39 is 0 Å². The van der Waals surface area contributed by atoms with Crippen LogP contribution in [-0.4, -0.2) is 9.97 Å². The average Bonchev–Trinajstić information content (AvgIpc) is 3.27. The highest BCUT2D eigenvalue weighted by atomic mass is 14.7. The van der Waals surface area contributed by atoms with Gasteiger partial charge in [-0.25, -0.2) is 4.98 Å². The highest BCUT2D eigenvalue weighted by Gasteiger charge is 2.18. The van der Waals surface area contributed by atoms with Crippen molar-refractivity contribution in [1.29, 1.82) is 0 Å². The maximum absolute atomic E-state index is 5.08.